The van der Waals surface area contributed by atoms with Gasteiger partial charge in [-0.05, 0) is 73.0 Å². The average molecular weight is 662 g/mol. The number of carbonyl (C=O) groups excluding carboxylic acids is 2. The Labute approximate surface area is 278 Å². The molecule has 0 spiro atoms. The van der Waals surface area contributed by atoms with Crippen molar-refractivity contribution in [3.05, 3.63) is 119 Å². The number of ether oxygens (including phenoxy) is 6. The molecule has 5 rings (SSSR count). The van der Waals surface area contributed by atoms with Gasteiger partial charge in [0.25, 0.3) is 0 Å². The zero-order valence-electron chi connectivity index (χ0n) is 25.8. The molecule has 0 saturated heterocycles. The first kappa shape index (κ1) is 33.6. The van der Waals surface area contributed by atoms with E-state index in [1.54, 1.807) is 54.6 Å². The third-order valence-electron chi connectivity index (χ3n) is 7.14. The zero-order chi connectivity index (χ0) is 33.1. The fraction of sp³-hybridized carbons (Fsp3) is 0.278. The number of carbonyl (C=O) groups is 2. The molecule has 0 radical (unpaired) electrons. The van der Waals surface area contributed by atoms with Crippen LogP contribution in [-0.2, 0) is 25.5 Å². The highest BCUT2D eigenvalue weighted by molar-refractivity contribution is 6.30. The Morgan fingerprint density at radius 3 is 1.96 bits per heavy atom. The van der Waals surface area contributed by atoms with Crippen molar-refractivity contribution >= 4 is 23.5 Å². The van der Waals surface area contributed by atoms with Crippen LogP contribution in [0.15, 0.2) is 103 Å². The summed E-state index contributed by atoms with van der Waals surface area (Å²) in [5.74, 6) is -3.09. The molecule has 1 aliphatic heterocycles. The highest BCUT2D eigenvalue weighted by Crippen LogP contribution is 2.41. The Morgan fingerprint density at radius 1 is 0.766 bits per heavy atom. The number of fused-ring (bicyclic) bond motifs is 1. The predicted octanol–water partition coefficient (Wildman–Crippen LogP) is 5.31. The molecular formula is C36H36ClNO9. The monoisotopic (exact) mass is 661 g/mol. The van der Waals surface area contributed by atoms with Gasteiger partial charge in [0.05, 0.1) is 6.10 Å². The molecular weight excluding hydrogens is 626 g/mol. The fourth-order valence-electron chi connectivity index (χ4n) is 4.81. The van der Waals surface area contributed by atoms with E-state index >= 15 is 0 Å². The van der Waals surface area contributed by atoms with E-state index in [-0.39, 0.29) is 44.0 Å². The molecule has 0 bridgehead atoms. The number of aliphatic hydroxyl groups excluding tert-OH is 1. The second-order valence-corrected chi connectivity index (χ2v) is 11.2. The van der Waals surface area contributed by atoms with Gasteiger partial charge in [-0.25, -0.2) is 9.59 Å². The van der Waals surface area contributed by atoms with Crippen LogP contribution in [0.5, 0.6) is 23.0 Å². The number of esters is 2. The van der Waals surface area contributed by atoms with Crippen LogP contribution in [-0.4, -0.2) is 61.8 Å². The van der Waals surface area contributed by atoms with Crippen molar-refractivity contribution in [3.8, 4) is 23.0 Å². The molecule has 0 aliphatic carbocycles. The quantitative estimate of drug-likeness (QED) is 0.0929. The van der Waals surface area contributed by atoms with E-state index in [1.165, 1.54) is 0 Å². The van der Waals surface area contributed by atoms with Gasteiger partial charge in [0, 0.05) is 17.6 Å². The number of hydrogen-bond donors (Lipinski definition) is 2. The molecule has 0 fully saturated rings. The highest BCUT2D eigenvalue weighted by Gasteiger charge is 2.60. The lowest BCUT2D eigenvalue weighted by Crippen LogP contribution is -2.56. The molecule has 2 atom stereocenters. The van der Waals surface area contributed by atoms with Gasteiger partial charge in [-0.2, -0.15) is 0 Å². The summed E-state index contributed by atoms with van der Waals surface area (Å²) in [5, 5.41) is 14.4. The Bertz CT molecular complexity index is 1560. The molecule has 2 unspecified atom stereocenters. The maximum atomic E-state index is 13.4. The largest absolute Gasteiger partial charge is 0.490 e. The lowest BCUT2D eigenvalue weighted by Gasteiger charge is -2.23. The average Bonchev–Trinajstić information content (AvgIpc) is 3.49. The van der Waals surface area contributed by atoms with Gasteiger partial charge in [-0.1, -0.05) is 66.2 Å². The molecule has 2 N–H and O–H groups in total. The third kappa shape index (κ3) is 9.16. The van der Waals surface area contributed by atoms with Crippen LogP contribution in [0.4, 0.5) is 0 Å². The SMILES string of the molecule is CC(Cc1ccc2c(c1)OC(C(=O)OCCOc1ccccc1)(C(=O)OCCOc1ccccc1)O2)NCC(O)c1cccc(Cl)c1. The number of benzene rings is 4. The van der Waals surface area contributed by atoms with E-state index in [1.807, 2.05) is 55.5 Å². The van der Waals surface area contributed by atoms with Crippen molar-refractivity contribution in [2.75, 3.05) is 33.0 Å². The molecule has 0 saturated carbocycles. The van der Waals surface area contributed by atoms with Crippen LogP contribution in [0.1, 0.15) is 24.2 Å². The number of rotatable bonds is 16. The van der Waals surface area contributed by atoms with Gasteiger partial charge in [-0.15, -0.1) is 0 Å². The maximum Gasteiger partial charge on any atom is 0.453 e. The molecule has 1 aliphatic rings. The smallest absolute Gasteiger partial charge is 0.453 e. The van der Waals surface area contributed by atoms with Crippen LogP contribution in [0.2, 0.25) is 5.02 Å². The Morgan fingerprint density at radius 2 is 1.36 bits per heavy atom. The van der Waals surface area contributed by atoms with E-state index in [2.05, 4.69) is 5.32 Å². The van der Waals surface area contributed by atoms with Gasteiger partial charge in [0.2, 0.25) is 0 Å². The Balaban J connectivity index is 1.20. The minimum Gasteiger partial charge on any atom is -0.490 e. The van der Waals surface area contributed by atoms with Crippen LogP contribution < -0.4 is 24.3 Å². The van der Waals surface area contributed by atoms with E-state index in [0.29, 0.717) is 35.1 Å². The number of hydrogen-bond acceptors (Lipinski definition) is 10. The van der Waals surface area contributed by atoms with Gasteiger partial charge in [0.15, 0.2) is 11.5 Å². The fourth-order valence-corrected chi connectivity index (χ4v) is 5.00. The first-order chi connectivity index (χ1) is 22.8. The summed E-state index contributed by atoms with van der Waals surface area (Å²) in [5.41, 5.74) is 1.56. The van der Waals surface area contributed by atoms with Crippen molar-refractivity contribution in [1.29, 1.82) is 0 Å². The van der Waals surface area contributed by atoms with E-state index in [0.717, 1.165) is 5.56 Å². The predicted molar refractivity (Wildman–Crippen MR) is 174 cm³/mol. The topological polar surface area (TPSA) is 122 Å². The lowest BCUT2D eigenvalue weighted by atomic mass is 10.1. The maximum absolute atomic E-state index is 13.4. The van der Waals surface area contributed by atoms with Crippen LogP contribution >= 0.6 is 11.6 Å². The minimum atomic E-state index is -2.51. The Hall–Kier alpha value is -4.77. The summed E-state index contributed by atoms with van der Waals surface area (Å²) < 4.78 is 33.7. The first-order valence-corrected chi connectivity index (χ1v) is 15.6. The molecule has 11 heteroatoms. The summed E-state index contributed by atoms with van der Waals surface area (Å²) in [4.78, 5) is 26.8. The van der Waals surface area contributed by atoms with Gasteiger partial charge in [0.1, 0.15) is 37.9 Å². The summed E-state index contributed by atoms with van der Waals surface area (Å²) in [6.45, 7) is 2.04. The van der Waals surface area contributed by atoms with Crippen LogP contribution in [0.3, 0.4) is 0 Å². The molecule has 4 aromatic rings. The first-order valence-electron chi connectivity index (χ1n) is 15.2. The number of halogens is 1. The van der Waals surface area contributed by atoms with Crippen LogP contribution in [0, 0.1) is 0 Å². The zero-order valence-corrected chi connectivity index (χ0v) is 26.6. The number of nitrogens with one attached hydrogen (secondary N) is 1. The van der Waals surface area contributed by atoms with Crippen molar-refractivity contribution in [2.24, 2.45) is 0 Å². The van der Waals surface area contributed by atoms with Crippen molar-refractivity contribution in [1.82, 2.24) is 5.32 Å². The summed E-state index contributed by atoms with van der Waals surface area (Å²) in [6, 6.07) is 30.2. The summed E-state index contributed by atoms with van der Waals surface area (Å²) in [6.07, 6.45) is -0.184. The van der Waals surface area contributed by atoms with Gasteiger partial charge in [-0.3, -0.25) is 0 Å². The van der Waals surface area contributed by atoms with Crippen LogP contribution in [0.25, 0.3) is 0 Å². The number of para-hydroxylation sites is 2. The standard InChI is InChI=1S/C36H36ClNO9/c1-25(38-24-31(39)27-9-8-10-28(37)23-27)21-26-15-16-32-33(22-26)47-36(46-32,34(40)44-19-17-42-29-11-4-2-5-12-29)35(41)45-20-18-43-30-13-6-3-7-14-30/h2-16,22-23,25,31,38-39H,17-21,24H2,1H3. The molecule has 47 heavy (non-hydrogen) atoms. The molecule has 10 nitrogen and oxygen atoms in total. The van der Waals surface area contributed by atoms with Crippen molar-refractivity contribution in [2.45, 2.75) is 31.3 Å². The molecule has 4 aromatic carbocycles. The highest BCUT2D eigenvalue weighted by atomic mass is 35.5. The third-order valence-corrected chi connectivity index (χ3v) is 7.38. The summed E-state index contributed by atoms with van der Waals surface area (Å²) in [7, 11) is 0. The Kier molecular flexibility index (Phi) is 11.6. The second-order valence-electron chi connectivity index (χ2n) is 10.8. The van der Waals surface area contributed by atoms with Gasteiger partial charge >= 0.3 is 17.7 Å². The van der Waals surface area contributed by atoms with E-state index < -0.39 is 23.8 Å². The van der Waals surface area contributed by atoms with Crippen molar-refractivity contribution in [3.63, 3.8) is 0 Å². The normalized spacial score (nSPS) is 14.1. The number of aliphatic hydroxyl groups is 1. The van der Waals surface area contributed by atoms with E-state index in [4.69, 9.17) is 40.0 Å². The lowest BCUT2D eigenvalue weighted by molar-refractivity contribution is -0.203. The van der Waals surface area contributed by atoms with Crippen molar-refractivity contribution < 1.29 is 43.1 Å². The van der Waals surface area contributed by atoms with E-state index in [9.17, 15) is 14.7 Å². The van der Waals surface area contributed by atoms with Gasteiger partial charge < -0.3 is 38.8 Å². The minimum absolute atomic E-state index is 0.0415. The summed E-state index contributed by atoms with van der Waals surface area (Å²) >= 11 is 6.05. The molecule has 246 valence electrons. The molecule has 0 amide bonds. The molecule has 1 heterocycles. The second kappa shape index (κ2) is 16.2. The molecule has 0 aromatic heterocycles.